The van der Waals surface area contributed by atoms with Gasteiger partial charge in [-0.2, -0.15) is 0 Å². The van der Waals surface area contributed by atoms with Gasteiger partial charge in [0.2, 0.25) is 0 Å². The van der Waals surface area contributed by atoms with Crippen LogP contribution in [0.5, 0.6) is 11.5 Å². The van der Waals surface area contributed by atoms with Gasteiger partial charge < -0.3 is 14.2 Å². The van der Waals surface area contributed by atoms with Gasteiger partial charge in [-0.3, -0.25) is 0 Å². The van der Waals surface area contributed by atoms with Gasteiger partial charge in [0.05, 0.1) is 20.3 Å². The number of carbonyl (C=O) groups excluding carboxylic acids is 1. The summed E-state index contributed by atoms with van der Waals surface area (Å²) in [6.07, 6.45) is 0.454. The van der Waals surface area contributed by atoms with Crippen LogP contribution in [0.15, 0.2) is 23.4 Å². The van der Waals surface area contributed by atoms with Gasteiger partial charge in [-0.25, -0.2) is 4.79 Å². The van der Waals surface area contributed by atoms with Crippen molar-refractivity contribution in [2.75, 3.05) is 14.2 Å². The molecule has 0 aliphatic rings. The molecule has 0 radical (unpaired) electrons. The molecule has 0 spiro atoms. The Hall–Kier alpha value is -2.11. The molecule has 1 aromatic carbocycles. The predicted molar refractivity (Wildman–Crippen MR) is 78.7 cm³/mol. The van der Waals surface area contributed by atoms with Gasteiger partial charge in [0.1, 0.15) is 11.5 Å². The molecule has 1 rings (SSSR count). The number of hydrogen-bond acceptors (Lipinski definition) is 6. The highest BCUT2D eigenvalue weighted by Gasteiger charge is 2.22. The van der Waals surface area contributed by atoms with Gasteiger partial charge in [-0.05, 0) is 50.5 Å². The van der Waals surface area contributed by atoms with Crippen LogP contribution in [0.1, 0.15) is 25.8 Å². The summed E-state index contributed by atoms with van der Waals surface area (Å²) in [7, 11) is 3.13. The zero-order valence-electron chi connectivity index (χ0n) is 12.8. The highest BCUT2D eigenvalue weighted by molar-refractivity contribution is 5.76. The van der Waals surface area contributed by atoms with Crippen LogP contribution in [0, 0.1) is 4.91 Å². The van der Waals surface area contributed by atoms with Crippen LogP contribution in [0.4, 0.5) is 0 Å². The molecule has 0 bridgehead atoms. The summed E-state index contributed by atoms with van der Waals surface area (Å²) in [5, 5.41) is 2.86. The molecular weight excluding hydrogens is 274 g/mol. The fraction of sp³-hybridized carbons (Fsp3) is 0.533. The highest BCUT2D eigenvalue weighted by Crippen LogP contribution is 2.25. The average Bonchev–Trinajstić information content (AvgIpc) is 2.46. The monoisotopic (exact) mass is 295 g/mol. The van der Waals surface area contributed by atoms with Crippen LogP contribution in [0.2, 0.25) is 0 Å². The first-order chi connectivity index (χ1) is 10.0. The van der Waals surface area contributed by atoms with Crippen molar-refractivity contribution in [1.82, 2.24) is 0 Å². The van der Waals surface area contributed by atoms with Crippen molar-refractivity contribution >= 4 is 5.97 Å². The van der Waals surface area contributed by atoms with Crippen molar-refractivity contribution < 1.29 is 19.0 Å². The fourth-order valence-electron chi connectivity index (χ4n) is 1.89. The maximum atomic E-state index is 11.7. The fourth-order valence-corrected chi connectivity index (χ4v) is 1.89. The molecular formula is C15H21NO5. The minimum Gasteiger partial charge on any atom is -0.497 e. The molecule has 0 aliphatic carbocycles. The Kier molecular flexibility index (Phi) is 6.65. The molecule has 6 heteroatoms. The third-order valence-electron chi connectivity index (χ3n) is 2.93. The van der Waals surface area contributed by atoms with Crippen molar-refractivity contribution in [3.63, 3.8) is 0 Å². The number of hydrogen-bond donors (Lipinski definition) is 0. The quantitative estimate of drug-likeness (QED) is 0.544. The average molecular weight is 295 g/mol. The van der Waals surface area contributed by atoms with Crippen molar-refractivity contribution in [1.29, 1.82) is 0 Å². The Bertz CT molecular complexity index is 487. The Morgan fingerprint density at radius 3 is 2.48 bits per heavy atom. The van der Waals surface area contributed by atoms with Gasteiger partial charge in [0.25, 0.3) is 0 Å². The first-order valence-corrected chi connectivity index (χ1v) is 6.75. The van der Waals surface area contributed by atoms with E-state index in [-0.39, 0.29) is 12.5 Å². The molecule has 0 N–H and O–H groups in total. The Labute approximate surface area is 124 Å². The maximum absolute atomic E-state index is 11.7. The van der Waals surface area contributed by atoms with Gasteiger partial charge in [-0.1, -0.05) is 5.18 Å². The predicted octanol–water partition coefficient (Wildman–Crippen LogP) is 2.72. The van der Waals surface area contributed by atoms with Crippen molar-refractivity contribution in [2.45, 2.75) is 38.8 Å². The summed E-state index contributed by atoms with van der Waals surface area (Å²) in [4.78, 5) is 22.5. The van der Waals surface area contributed by atoms with E-state index in [0.717, 1.165) is 5.56 Å². The molecule has 6 nitrogen and oxygen atoms in total. The lowest BCUT2D eigenvalue weighted by atomic mass is 10.0. The molecule has 0 aromatic heterocycles. The molecule has 0 heterocycles. The number of benzene rings is 1. The zero-order chi connectivity index (χ0) is 15.8. The van der Waals surface area contributed by atoms with E-state index in [4.69, 9.17) is 14.2 Å². The summed E-state index contributed by atoms with van der Waals surface area (Å²) in [6, 6.07) is 4.37. The molecule has 0 saturated heterocycles. The minimum atomic E-state index is -1.01. The maximum Gasteiger partial charge on any atom is 0.334 e. The molecule has 0 saturated carbocycles. The van der Waals surface area contributed by atoms with E-state index in [1.54, 1.807) is 40.2 Å². The first kappa shape index (κ1) is 16.9. The summed E-state index contributed by atoms with van der Waals surface area (Å²) < 4.78 is 15.4. The number of methoxy groups -OCH3 is 2. The second-order valence-electron chi connectivity index (χ2n) is 4.82. The smallest absolute Gasteiger partial charge is 0.334 e. The van der Waals surface area contributed by atoms with Crippen LogP contribution in [-0.2, 0) is 16.0 Å². The topological polar surface area (TPSA) is 74.2 Å². The third-order valence-corrected chi connectivity index (χ3v) is 2.93. The molecule has 0 amide bonds. The van der Waals surface area contributed by atoms with Crippen molar-refractivity contribution in [3.05, 3.63) is 28.7 Å². The lowest BCUT2D eigenvalue weighted by Crippen LogP contribution is -2.24. The number of rotatable bonds is 8. The SMILES string of the molecule is COc1ccc(OC)c(CCC(N=O)C(=O)OC(C)C)c1. The number of aryl methyl sites for hydroxylation is 1. The molecule has 0 fully saturated rings. The molecule has 0 aliphatic heterocycles. The Balaban J connectivity index is 2.76. The highest BCUT2D eigenvalue weighted by atomic mass is 16.5. The van der Waals surface area contributed by atoms with E-state index in [9.17, 15) is 9.70 Å². The van der Waals surface area contributed by atoms with Crippen LogP contribution in [-0.4, -0.2) is 32.3 Å². The van der Waals surface area contributed by atoms with Gasteiger partial charge in [0.15, 0.2) is 6.04 Å². The number of esters is 1. The normalized spacial score (nSPS) is 11.9. The van der Waals surface area contributed by atoms with Crippen LogP contribution < -0.4 is 9.47 Å². The Morgan fingerprint density at radius 2 is 1.95 bits per heavy atom. The van der Waals surface area contributed by atoms with E-state index in [1.165, 1.54) is 0 Å². The number of nitroso groups, excluding NO2 is 1. The van der Waals surface area contributed by atoms with Gasteiger partial charge in [0, 0.05) is 0 Å². The standard InChI is InChI=1S/C15H21NO5/c1-10(2)21-15(17)13(16-18)7-5-11-9-12(19-3)6-8-14(11)20-4/h6,8-10,13H,5,7H2,1-4H3. The summed E-state index contributed by atoms with van der Waals surface area (Å²) >= 11 is 0. The van der Waals surface area contributed by atoms with Gasteiger partial charge >= 0.3 is 5.97 Å². The van der Waals surface area contributed by atoms with Crippen LogP contribution in [0.25, 0.3) is 0 Å². The van der Waals surface area contributed by atoms with Crippen LogP contribution in [0.3, 0.4) is 0 Å². The number of nitrogens with zero attached hydrogens (tertiary/aromatic N) is 1. The second kappa shape index (κ2) is 8.24. The van der Waals surface area contributed by atoms with E-state index in [1.807, 2.05) is 6.07 Å². The van der Waals surface area contributed by atoms with E-state index < -0.39 is 12.0 Å². The summed E-state index contributed by atoms with van der Waals surface area (Å²) in [5.41, 5.74) is 0.850. The van der Waals surface area contributed by atoms with Crippen LogP contribution >= 0.6 is 0 Å². The summed E-state index contributed by atoms with van der Waals surface area (Å²) in [6.45, 7) is 3.45. The second-order valence-corrected chi connectivity index (χ2v) is 4.82. The summed E-state index contributed by atoms with van der Waals surface area (Å²) in [5.74, 6) is 0.769. The first-order valence-electron chi connectivity index (χ1n) is 6.75. The van der Waals surface area contributed by atoms with E-state index in [0.29, 0.717) is 17.9 Å². The molecule has 1 aromatic rings. The molecule has 1 unspecified atom stereocenters. The lowest BCUT2D eigenvalue weighted by Gasteiger charge is -2.13. The zero-order valence-corrected chi connectivity index (χ0v) is 12.8. The van der Waals surface area contributed by atoms with E-state index in [2.05, 4.69) is 5.18 Å². The van der Waals surface area contributed by atoms with Gasteiger partial charge in [-0.15, -0.1) is 4.91 Å². The minimum absolute atomic E-state index is 0.262. The molecule has 21 heavy (non-hydrogen) atoms. The van der Waals surface area contributed by atoms with E-state index >= 15 is 0 Å². The van der Waals surface area contributed by atoms with Crippen molar-refractivity contribution in [3.8, 4) is 11.5 Å². The lowest BCUT2D eigenvalue weighted by molar-refractivity contribution is -0.149. The number of ether oxygens (including phenoxy) is 3. The third kappa shape index (κ3) is 5.06. The molecule has 1 atom stereocenters. The Morgan fingerprint density at radius 1 is 1.24 bits per heavy atom. The number of carbonyl (C=O) groups is 1. The largest absolute Gasteiger partial charge is 0.497 e. The molecule has 116 valence electrons. The van der Waals surface area contributed by atoms with Crippen molar-refractivity contribution in [2.24, 2.45) is 5.18 Å².